The van der Waals surface area contributed by atoms with Gasteiger partial charge in [-0.05, 0) is 43.5 Å². The predicted molar refractivity (Wildman–Crippen MR) is 99.1 cm³/mol. The molecule has 2 aliphatic heterocycles. The fourth-order valence-electron chi connectivity index (χ4n) is 3.99. The van der Waals surface area contributed by atoms with Crippen LogP contribution in [-0.2, 0) is 4.74 Å². The summed E-state index contributed by atoms with van der Waals surface area (Å²) >= 11 is 0. The van der Waals surface area contributed by atoms with E-state index in [0.29, 0.717) is 25.4 Å². The molecule has 0 N–H and O–H groups in total. The van der Waals surface area contributed by atoms with Crippen LogP contribution in [0.4, 0.5) is 10.1 Å². The second kappa shape index (κ2) is 7.23. The second-order valence-corrected chi connectivity index (χ2v) is 7.32. The first kappa shape index (κ1) is 17.9. The third-order valence-electron chi connectivity index (χ3n) is 5.72. The summed E-state index contributed by atoms with van der Waals surface area (Å²) in [6.45, 7) is 1.96. The number of benzene rings is 1. The van der Waals surface area contributed by atoms with E-state index in [9.17, 15) is 9.18 Å². The molecule has 1 aromatic carbocycles. The summed E-state index contributed by atoms with van der Waals surface area (Å²) in [5.74, 6) is -0.303. The molecule has 0 radical (unpaired) electrons. The summed E-state index contributed by atoms with van der Waals surface area (Å²) in [7, 11) is 2.02. The van der Waals surface area contributed by atoms with Gasteiger partial charge in [0.2, 0.25) is 0 Å². The molecular weight excluding hydrogens is 347 g/mol. The van der Waals surface area contributed by atoms with E-state index in [1.165, 1.54) is 24.5 Å². The Morgan fingerprint density at radius 2 is 2.00 bits per heavy atom. The Morgan fingerprint density at radius 3 is 2.67 bits per heavy atom. The van der Waals surface area contributed by atoms with E-state index in [1.54, 1.807) is 18.3 Å². The first-order valence-corrected chi connectivity index (χ1v) is 9.24. The van der Waals surface area contributed by atoms with Crippen molar-refractivity contribution in [3.8, 4) is 0 Å². The fourth-order valence-corrected chi connectivity index (χ4v) is 3.99. The molecule has 1 atom stereocenters. The van der Waals surface area contributed by atoms with Gasteiger partial charge in [0.15, 0.2) is 0 Å². The Balaban J connectivity index is 1.36. The van der Waals surface area contributed by atoms with E-state index in [-0.39, 0.29) is 23.4 Å². The molecule has 2 aliphatic rings. The number of likely N-dealkylation sites (N-methyl/N-ethyl adjacent to an activating group) is 1. The Labute approximate surface area is 158 Å². The van der Waals surface area contributed by atoms with Crippen molar-refractivity contribution in [1.29, 1.82) is 0 Å². The maximum absolute atomic E-state index is 13.2. The van der Waals surface area contributed by atoms with Gasteiger partial charge in [-0.25, -0.2) is 9.37 Å². The van der Waals surface area contributed by atoms with Crippen molar-refractivity contribution in [3.63, 3.8) is 0 Å². The lowest BCUT2D eigenvalue weighted by molar-refractivity contribution is -0.0389. The third kappa shape index (κ3) is 3.64. The van der Waals surface area contributed by atoms with Crippen molar-refractivity contribution < 1.29 is 13.9 Å². The molecule has 2 saturated heterocycles. The number of hydrogen-bond acceptors (Lipinski definition) is 5. The summed E-state index contributed by atoms with van der Waals surface area (Å²) in [6.07, 6.45) is 7.14. The molecule has 0 saturated carbocycles. The largest absolute Gasteiger partial charge is 0.373 e. The zero-order valence-electron chi connectivity index (χ0n) is 15.3. The van der Waals surface area contributed by atoms with Gasteiger partial charge >= 0.3 is 0 Å². The molecule has 2 aromatic rings. The van der Waals surface area contributed by atoms with Gasteiger partial charge < -0.3 is 14.5 Å². The molecule has 142 valence electrons. The average molecular weight is 370 g/mol. The Morgan fingerprint density at radius 1 is 1.26 bits per heavy atom. The van der Waals surface area contributed by atoms with E-state index >= 15 is 0 Å². The molecule has 1 amide bonds. The van der Waals surface area contributed by atoms with Gasteiger partial charge in [-0.3, -0.25) is 9.78 Å². The smallest absolute Gasteiger partial charge is 0.274 e. The van der Waals surface area contributed by atoms with Crippen LogP contribution < -0.4 is 4.90 Å². The highest BCUT2D eigenvalue weighted by Gasteiger charge is 2.44. The average Bonchev–Trinajstić information content (AvgIpc) is 3.12. The van der Waals surface area contributed by atoms with Gasteiger partial charge in [0.25, 0.3) is 5.91 Å². The number of anilines is 1. The Hall–Kier alpha value is -2.54. The summed E-state index contributed by atoms with van der Waals surface area (Å²) < 4.78 is 19.4. The van der Waals surface area contributed by atoms with Crippen LogP contribution in [0.15, 0.2) is 42.9 Å². The topological polar surface area (TPSA) is 58.6 Å². The third-order valence-corrected chi connectivity index (χ3v) is 5.72. The molecule has 1 unspecified atom stereocenters. The van der Waals surface area contributed by atoms with Crippen LogP contribution in [0.2, 0.25) is 0 Å². The lowest BCUT2D eigenvalue weighted by Crippen LogP contribution is -2.47. The van der Waals surface area contributed by atoms with E-state index < -0.39 is 0 Å². The van der Waals surface area contributed by atoms with E-state index in [2.05, 4.69) is 14.9 Å². The highest BCUT2D eigenvalue weighted by Crippen LogP contribution is 2.38. The van der Waals surface area contributed by atoms with Crippen molar-refractivity contribution in [1.82, 2.24) is 14.9 Å². The first-order valence-electron chi connectivity index (χ1n) is 9.24. The molecule has 6 nitrogen and oxygen atoms in total. The van der Waals surface area contributed by atoms with Crippen molar-refractivity contribution in [2.24, 2.45) is 0 Å². The zero-order valence-corrected chi connectivity index (χ0v) is 15.3. The number of halogens is 1. The van der Waals surface area contributed by atoms with Crippen molar-refractivity contribution in [3.05, 3.63) is 54.4 Å². The molecular formula is C20H23FN4O2. The molecule has 7 heteroatoms. The highest BCUT2D eigenvalue weighted by atomic mass is 19.1. The number of carbonyl (C=O) groups is 1. The number of ether oxygens (including phenoxy) is 1. The molecule has 27 heavy (non-hydrogen) atoms. The summed E-state index contributed by atoms with van der Waals surface area (Å²) in [5, 5.41) is 0. The normalized spacial score (nSPS) is 21.4. The first-order chi connectivity index (χ1) is 13.1. The molecule has 0 aliphatic carbocycles. The van der Waals surface area contributed by atoms with E-state index in [4.69, 9.17) is 4.74 Å². The molecule has 3 heterocycles. The number of rotatable bonds is 3. The second-order valence-electron chi connectivity index (χ2n) is 7.32. The number of hydrogen-bond donors (Lipinski definition) is 0. The minimum Gasteiger partial charge on any atom is -0.373 e. The number of nitrogens with zero attached hydrogens (tertiary/aromatic N) is 4. The van der Waals surface area contributed by atoms with Gasteiger partial charge in [-0.15, -0.1) is 0 Å². The number of amides is 1. The van der Waals surface area contributed by atoms with Gasteiger partial charge in [0.1, 0.15) is 11.5 Å². The van der Waals surface area contributed by atoms with E-state index in [0.717, 1.165) is 24.9 Å². The number of carbonyl (C=O) groups excluding carboxylic acids is 1. The van der Waals surface area contributed by atoms with Crippen LogP contribution in [0.25, 0.3) is 0 Å². The maximum Gasteiger partial charge on any atom is 0.274 e. The number of aromatic nitrogens is 2. The molecule has 1 spiro atoms. The Bertz CT molecular complexity index is 791. The highest BCUT2D eigenvalue weighted by molar-refractivity contribution is 5.92. The van der Waals surface area contributed by atoms with Crippen LogP contribution in [0.5, 0.6) is 0 Å². The molecule has 4 rings (SSSR count). The van der Waals surface area contributed by atoms with E-state index in [1.807, 2.05) is 11.9 Å². The lowest BCUT2D eigenvalue weighted by atomic mass is 9.87. The quantitative estimate of drug-likeness (QED) is 0.831. The van der Waals surface area contributed by atoms with Crippen LogP contribution in [0, 0.1) is 5.82 Å². The van der Waals surface area contributed by atoms with Crippen LogP contribution in [0.1, 0.15) is 29.8 Å². The fraction of sp³-hybridized carbons (Fsp3) is 0.450. The van der Waals surface area contributed by atoms with Gasteiger partial charge in [-0.1, -0.05) is 0 Å². The van der Waals surface area contributed by atoms with Gasteiger partial charge in [0.05, 0.1) is 24.4 Å². The van der Waals surface area contributed by atoms with Crippen molar-refractivity contribution >= 4 is 11.6 Å². The maximum atomic E-state index is 13.2. The number of piperidine rings is 1. The van der Waals surface area contributed by atoms with Crippen LogP contribution in [0.3, 0.4) is 0 Å². The number of likely N-dealkylation sites (tertiary alicyclic amines) is 1. The SMILES string of the molecule is CN(c1ccc(F)cc1)C1COC2(CCN(C(=O)c3cnccn3)CC2)C1. The summed E-state index contributed by atoms with van der Waals surface area (Å²) in [4.78, 5) is 24.6. The van der Waals surface area contributed by atoms with Gasteiger partial charge in [-0.2, -0.15) is 0 Å². The standard InChI is InChI=1S/C20H23FN4O2/c1-24(16-4-2-15(21)3-5-16)17-12-20(27-14-17)6-10-25(11-7-20)19(26)18-13-22-8-9-23-18/h2-5,8-9,13,17H,6-7,10-12,14H2,1H3. The molecule has 0 bridgehead atoms. The van der Waals surface area contributed by atoms with Crippen LogP contribution >= 0.6 is 0 Å². The molecule has 1 aromatic heterocycles. The summed E-state index contributed by atoms with van der Waals surface area (Å²) in [5.41, 5.74) is 1.19. The minimum atomic E-state index is -0.230. The Kier molecular flexibility index (Phi) is 4.78. The van der Waals surface area contributed by atoms with Crippen LogP contribution in [-0.4, -0.2) is 59.2 Å². The molecule has 2 fully saturated rings. The lowest BCUT2D eigenvalue weighted by Gasteiger charge is -2.38. The minimum absolute atomic E-state index is 0.0732. The van der Waals surface area contributed by atoms with Gasteiger partial charge in [0, 0.05) is 38.2 Å². The predicted octanol–water partition coefficient (Wildman–Crippen LogP) is 2.52. The van der Waals surface area contributed by atoms with Crippen molar-refractivity contribution in [2.75, 3.05) is 31.6 Å². The zero-order chi connectivity index (χ0) is 18.9. The summed E-state index contributed by atoms with van der Waals surface area (Å²) in [6, 6.07) is 6.80. The monoisotopic (exact) mass is 370 g/mol. The van der Waals surface area contributed by atoms with Crippen molar-refractivity contribution in [2.45, 2.75) is 30.9 Å².